The van der Waals surface area contributed by atoms with Crippen LogP contribution in [0.2, 0.25) is 0 Å². The fraction of sp³-hybridized carbons (Fsp3) is 0.190. The monoisotopic (exact) mass is 379 g/mol. The van der Waals surface area contributed by atoms with Crippen molar-refractivity contribution in [1.82, 2.24) is 4.90 Å². The number of carbonyl (C=O) groups excluding carboxylic acids is 1. The molecule has 0 aliphatic carbocycles. The van der Waals surface area contributed by atoms with Crippen molar-refractivity contribution in [2.45, 2.75) is 20.0 Å². The molecule has 2 aromatic heterocycles. The van der Waals surface area contributed by atoms with Crippen LogP contribution in [0.3, 0.4) is 0 Å². The maximum atomic E-state index is 12.9. The van der Waals surface area contributed by atoms with Crippen molar-refractivity contribution < 1.29 is 18.7 Å². The van der Waals surface area contributed by atoms with Gasteiger partial charge in [0.1, 0.15) is 24.0 Å². The van der Waals surface area contributed by atoms with E-state index in [0.717, 1.165) is 23.4 Å². The molecule has 4 heterocycles. The molecule has 0 atom stereocenters. The number of benzene rings is 1. The van der Waals surface area contributed by atoms with Gasteiger partial charge in [-0.25, -0.2) is 0 Å². The van der Waals surface area contributed by atoms with Crippen molar-refractivity contribution in [2.24, 2.45) is 0 Å². The number of ketones is 1. The molecule has 0 saturated carbocycles. The molecule has 0 N–H and O–H groups in total. The van der Waals surface area contributed by atoms with Crippen LogP contribution in [0, 0.1) is 6.92 Å². The number of carbonyl (C=O) groups is 1. The summed E-state index contributed by atoms with van der Waals surface area (Å²) in [5.41, 5.74) is 2.41. The molecule has 0 unspecified atom stereocenters. The summed E-state index contributed by atoms with van der Waals surface area (Å²) >= 11 is 1.73. The Bertz CT molecular complexity index is 1030. The van der Waals surface area contributed by atoms with Crippen LogP contribution in [-0.2, 0) is 13.1 Å². The van der Waals surface area contributed by atoms with Gasteiger partial charge in [-0.1, -0.05) is 6.07 Å². The molecular formula is C21H17NO4S. The number of allylic oxidation sites excluding steroid dienone is 1. The fourth-order valence-corrected chi connectivity index (χ4v) is 4.25. The molecule has 136 valence electrons. The van der Waals surface area contributed by atoms with E-state index in [0.29, 0.717) is 30.3 Å². The average molecular weight is 379 g/mol. The number of furan rings is 1. The Kier molecular flexibility index (Phi) is 3.88. The Hall–Kier alpha value is -2.83. The zero-order chi connectivity index (χ0) is 18.4. The van der Waals surface area contributed by atoms with E-state index >= 15 is 0 Å². The molecule has 0 bridgehead atoms. The minimum absolute atomic E-state index is 0.114. The maximum Gasteiger partial charge on any atom is 0.232 e. The number of Topliss-reactive ketones (excluding diaryl/α,β-unsaturated/α-hetero) is 1. The van der Waals surface area contributed by atoms with Crippen molar-refractivity contribution in [2.75, 3.05) is 6.73 Å². The van der Waals surface area contributed by atoms with Crippen LogP contribution in [0.4, 0.5) is 0 Å². The van der Waals surface area contributed by atoms with Gasteiger partial charge >= 0.3 is 0 Å². The minimum Gasteiger partial charge on any atom is -0.478 e. The second-order valence-corrected chi connectivity index (χ2v) is 7.70. The van der Waals surface area contributed by atoms with E-state index in [2.05, 4.69) is 16.3 Å². The van der Waals surface area contributed by atoms with Gasteiger partial charge in [-0.3, -0.25) is 9.69 Å². The van der Waals surface area contributed by atoms with Crippen molar-refractivity contribution in [3.63, 3.8) is 0 Å². The smallest absolute Gasteiger partial charge is 0.232 e. The van der Waals surface area contributed by atoms with Gasteiger partial charge in [0, 0.05) is 24.0 Å². The lowest BCUT2D eigenvalue weighted by Gasteiger charge is -2.29. The third kappa shape index (κ3) is 2.87. The molecule has 0 radical (unpaired) electrons. The first-order chi connectivity index (χ1) is 13.2. The summed E-state index contributed by atoms with van der Waals surface area (Å²) in [6.07, 6.45) is 3.21. The van der Waals surface area contributed by atoms with Gasteiger partial charge < -0.3 is 13.9 Å². The Morgan fingerprint density at radius 1 is 1.30 bits per heavy atom. The summed E-state index contributed by atoms with van der Waals surface area (Å²) < 4.78 is 17.3. The van der Waals surface area contributed by atoms with Crippen LogP contribution >= 0.6 is 11.3 Å². The number of nitrogens with zero attached hydrogens (tertiary/aromatic N) is 1. The first kappa shape index (κ1) is 16.4. The van der Waals surface area contributed by atoms with E-state index in [1.807, 2.05) is 19.1 Å². The quantitative estimate of drug-likeness (QED) is 0.622. The molecule has 0 amide bonds. The molecule has 0 spiro atoms. The Balaban J connectivity index is 1.50. The minimum atomic E-state index is -0.114. The number of thiophene rings is 1. The highest BCUT2D eigenvalue weighted by Gasteiger charge is 2.35. The molecule has 2 aliphatic rings. The molecular weight excluding hydrogens is 362 g/mol. The van der Waals surface area contributed by atoms with Gasteiger partial charge in [-0.15, -0.1) is 11.3 Å². The molecule has 5 nitrogen and oxygen atoms in total. The molecule has 1 aromatic carbocycles. The molecule has 27 heavy (non-hydrogen) atoms. The highest BCUT2D eigenvalue weighted by molar-refractivity contribution is 7.09. The third-order valence-corrected chi connectivity index (χ3v) is 5.62. The largest absolute Gasteiger partial charge is 0.478 e. The molecule has 0 fully saturated rings. The zero-order valence-corrected chi connectivity index (χ0v) is 15.5. The predicted octanol–water partition coefficient (Wildman–Crippen LogP) is 4.62. The number of fused-ring (bicyclic) bond motifs is 3. The molecule has 0 saturated heterocycles. The second kappa shape index (κ2) is 6.40. The normalized spacial score (nSPS) is 17.5. The van der Waals surface area contributed by atoms with Gasteiger partial charge in [0.05, 0.1) is 17.4 Å². The molecule has 5 rings (SSSR count). The van der Waals surface area contributed by atoms with Crippen molar-refractivity contribution >= 4 is 23.2 Å². The van der Waals surface area contributed by atoms with Crippen LogP contribution in [0.1, 0.15) is 32.1 Å². The van der Waals surface area contributed by atoms with Crippen LogP contribution in [0.25, 0.3) is 6.08 Å². The SMILES string of the molecule is Cc1cc2c(c3c1C(=O)/C(=C/c1ccco1)O3)CN(Cc1cccs1)CO2. The van der Waals surface area contributed by atoms with E-state index in [9.17, 15) is 4.79 Å². The first-order valence-corrected chi connectivity index (χ1v) is 9.59. The van der Waals surface area contributed by atoms with Gasteiger partial charge in [0.15, 0.2) is 5.76 Å². The highest BCUT2D eigenvalue weighted by atomic mass is 32.1. The van der Waals surface area contributed by atoms with Crippen molar-refractivity contribution in [3.8, 4) is 11.5 Å². The topological polar surface area (TPSA) is 51.9 Å². The van der Waals surface area contributed by atoms with Crippen LogP contribution in [0.15, 0.2) is 52.2 Å². The fourth-order valence-electron chi connectivity index (χ4n) is 3.50. The van der Waals surface area contributed by atoms with E-state index in [-0.39, 0.29) is 11.5 Å². The van der Waals surface area contributed by atoms with Crippen LogP contribution in [0.5, 0.6) is 11.5 Å². The Morgan fingerprint density at radius 3 is 3.00 bits per heavy atom. The van der Waals surface area contributed by atoms with Gasteiger partial charge in [-0.05, 0) is 42.1 Å². The number of ether oxygens (including phenoxy) is 2. The summed E-state index contributed by atoms with van der Waals surface area (Å²) in [5, 5.41) is 2.07. The first-order valence-electron chi connectivity index (χ1n) is 8.71. The van der Waals surface area contributed by atoms with Crippen molar-refractivity contribution in [1.29, 1.82) is 0 Å². The summed E-state index contributed by atoms with van der Waals surface area (Å²) in [6.45, 7) is 3.92. The van der Waals surface area contributed by atoms with Gasteiger partial charge in [-0.2, -0.15) is 0 Å². The van der Waals surface area contributed by atoms with Crippen molar-refractivity contribution in [3.05, 3.63) is 75.1 Å². The van der Waals surface area contributed by atoms with Gasteiger partial charge in [0.25, 0.3) is 0 Å². The lowest BCUT2D eigenvalue weighted by Crippen LogP contribution is -2.31. The Labute approximate surface area is 160 Å². The lowest BCUT2D eigenvalue weighted by atomic mass is 9.99. The molecule has 3 aromatic rings. The lowest BCUT2D eigenvalue weighted by molar-refractivity contribution is 0.0881. The van der Waals surface area contributed by atoms with Gasteiger partial charge in [0.2, 0.25) is 5.78 Å². The summed E-state index contributed by atoms with van der Waals surface area (Å²) in [7, 11) is 0. The molecule has 6 heteroatoms. The summed E-state index contributed by atoms with van der Waals surface area (Å²) in [5.74, 6) is 2.17. The summed E-state index contributed by atoms with van der Waals surface area (Å²) in [4.78, 5) is 16.4. The number of hydrogen-bond donors (Lipinski definition) is 0. The zero-order valence-electron chi connectivity index (χ0n) is 14.7. The van der Waals surface area contributed by atoms with Crippen LogP contribution < -0.4 is 9.47 Å². The molecule has 2 aliphatic heterocycles. The van der Waals surface area contributed by atoms with Crippen LogP contribution in [-0.4, -0.2) is 17.4 Å². The van der Waals surface area contributed by atoms with E-state index < -0.39 is 0 Å². The third-order valence-electron chi connectivity index (χ3n) is 4.76. The summed E-state index contributed by atoms with van der Waals surface area (Å²) in [6, 6.07) is 9.67. The predicted molar refractivity (Wildman–Crippen MR) is 102 cm³/mol. The highest BCUT2D eigenvalue weighted by Crippen LogP contribution is 2.44. The van der Waals surface area contributed by atoms with E-state index in [4.69, 9.17) is 13.9 Å². The number of hydrogen-bond acceptors (Lipinski definition) is 6. The second-order valence-electron chi connectivity index (χ2n) is 6.67. The Morgan fingerprint density at radius 2 is 2.22 bits per heavy atom. The average Bonchev–Trinajstić information content (AvgIpc) is 3.40. The van der Waals surface area contributed by atoms with E-state index in [1.54, 1.807) is 35.8 Å². The van der Waals surface area contributed by atoms with E-state index in [1.165, 1.54) is 4.88 Å². The standard InChI is InChI=1S/C21H17NO4S/c1-13-8-17-16(11-22(12-25-17)10-15-5-3-7-27-15)21-19(13)20(23)18(26-21)9-14-4-2-6-24-14/h2-9H,10-12H2,1H3/b18-9-. The maximum absolute atomic E-state index is 12.9. The number of rotatable bonds is 3. The number of aryl methyl sites for hydroxylation is 1.